The Hall–Kier alpha value is -3.15. The fraction of sp³-hybridized carbons (Fsp3) is 0.286. The van der Waals surface area contributed by atoms with Crippen LogP contribution >= 0.6 is 0 Å². The number of pyridine rings is 1. The van der Waals surface area contributed by atoms with Crippen LogP contribution in [0.3, 0.4) is 0 Å². The van der Waals surface area contributed by atoms with Gasteiger partial charge in [-0.15, -0.1) is 0 Å². The van der Waals surface area contributed by atoms with Gasteiger partial charge in [0.15, 0.2) is 0 Å². The van der Waals surface area contributed by atoms with Crippen molar-refractivity contribution in [2.24, 2.45) is 0 Å². The molecule has 1 aromatic carbocycles. The number of benzene rings is 1. The Balaban J connectivity index is 1.47. The number of carbonyl (C=O) groups excluding carboxylic acids is 1. The monoisotopic (exact) mass is 363 g/mol. The Kier molecular flexibility index (Phi) is 5.54. The molecular weight excluding hydrogens is 338 g/mol. The second kappa shape index (κ2) is 8.03. The van der Waals surface area contributed by atoms with Gasteiger partial charge in [0.05, 0.1) is 12.2 Å². The molecule has 2 N–H and O–H groups in total. The van der Waals surface area contributed by atoms with Gasteiger partial charge in [-0.05, 0) is 41.3 Å². The largest absolute Gasteiger partial charge is 0.336 e. The second-order valence-corrected chi connectivity index (χ2v) is 7.39. The average molecular weight is 363 g/mol. The van der Waals surface area contributed by atoms with Crippen molar-refractivity contribution in [3.63, 3.8) is 0 Å². The minimum absolute atomic E-state index is 0.0959. The van der Waals surface area contributed by atoms with Crippen LogP contribution in [0.15, 0.2) is 60.9 Å². The van der Waals surface area contributed by atoms with Crippen LogP contribution in [0.2, 0.25) is 0 Å². The molecule has 0 fully saturated rings. The number of amides is 2. The first-order chi connectivity index (χ1) is 12.9. The van der Waals surface area contributed by atoms with Crippen molar-refractivity contribution < 1.29 is 4.79 Å². The van der Waals surface area contributed by atoms with Crippen LogP contribution in [0.5, 0.6) is 0 Å². The van der Waals surface area contributed by atoms with Crippen molar-refractivity contribution in [2.45, 2.75) is 32.7 Å². The van der Waals surface area contributed by atoms with E-state index in [1.807, 2.05) is 54.7 Å². The summed E-state index contributed by atoms with van der Waals surface area (Å²) in [5, 5.41) is 10.2. The Labute approximate surface area is 159 Å². The van der Waals surface area contributed by atoms with Gasteiger partial charge in [-0.3, -0.25) is 9.67 Å². The maximum atomic E-state index is 12.0. The minimum atomic E-state index is -0.226. The van der Waals surface area contributed by atoms with E-state index < -0.39 is 0 Å². The lowest BCUT2D eigenvalue weighted by molar-refractivity contribution is 0.251. The molecule has 3 aromatic rings. The standard InChI is InChI=1S/C21H25N5O/c1-21(2,3)16-7-9-17(10-8-16)24-20(27)23-13-15-26-14-11-19(25-26)18-6-4-5-12-22-18/h4-12,14H,13,15H2,1-3H3,(H2,23,24,27). The van der Waals surface area contributed by atoms with Crippen molar-refractivity contribution >= 4 is 11.7 Å². The third kappa shape index (κ3) is 5.17. The molecular formula is C21H25N5O. The maximum absolute atomic E-state index is 12.0. The van der Waals surface area contributed by atoms with E-state index in [2.05, 4.69) is 41.5 Å². The van der Waals surface area contributed by atoms with Gasteiger partial charge in [0.2, 0.25) is 0 Å². The van der Waals surface area contributed by atoms with Crippen molar-refractivity contribution in [2.75, 3.05) is 11.9 Å². The third-order valence-corrected chi connectivity index (χ3v) is 4.20. The van der Waals surface area contributed by atoms with E-state index in [4.69, 9.17) is 0 Å². The lowest BCUT2D eigenvalue weighted by Crippen LogP contribution is -2.31. The maximum Gasteiger partial charge on any atom is 0.319 e. The van der Waals surface area contributed by atoms with E-state index in [-0.39, 0.29) is 11.4 Å². The van der Waals surface area contributed by atoms with Gasteiger partial charge in [-0.2, -0.15) is 5.10 Å². The van der Waals surface area contributed by atoms with Gasteiger partial charge >= 0.3 is 6.03 Å². The SMILES string of the molecule is CC(C)(C)c1ccc(NC(=O)NCCn2ccc(-c3ccccn3)n2)cc1. The number of nitrogens with zero attached hydrogens (tertiary/aromatic N) is 3. The molecule has 0 aliphatic rings. The van der Waals surface area contributed by atoms with Crippen LogP contribution in [0.4, 0.5) is 10.5 Å². The zero-order valence-electron chi connectivity index (χ0n) is 15.9. The van der Waals surface area contributed by atoms with E-state index in [0.717, 1.165) is 17.1 Å². The molecule has 6 heteroatoms. The highest BCUT2D eigenvalue weighted by molar-refractivity contribution is 5.89. The molecule has 0 aliphatic heterocycles. The second-order valence-electron chi connectivity index (χ2n) is 7.39. The summed E-state index contributed by atoms with van der Waals surface area (Å²) in [6, 6.07) is 15.3. The number of carbonyl (C=O) groups is 1. The molecule has 3 rings (SSSR count). The van der Waals surface area contributed by atoms with Crippen molar-refractivity contribution in [1.82, 2.24) is 20.1 Å². The zero-order chi connectivity index (χ0) is 19.3. The van der Waals surface area contributed by atoms with Crippen LogP contribution < -0.4 is 10.6 Å². The first-order valence-corrected chi connectivity index (χ1v) is 9.02. The van der Waals surface area contributed by atoms with Crippen LogP contribution in [0.1, 0.15) is 26.3 Å². The lowest BCUT2D eigenvalue weighted by atomic mass is 9.87. The summed E-state index contributed by atoms with van der Waals surface area (Å²) in [5.74, 6) is 0. The van der Waals surface area contributed by atoms with E-state index >= 15 is 0 Å². The molecule has 0 saturated heterocycles. The molecule has 0 spiro atoms. The molecule has 0 radical (unpaired) electrons. The molecule has 0 saturated carbocycles. The summed E-state index contributed by atoms with van der Waals surface area (Å²) >= 11 is 0. The number of hydrogen-bond acceptors (Lipinski definition) is 3. The van der Waals surface area contributed by atoms with Crippen LogP contribution in [-0.4, -0.2) is 27.3 Å². The number of hydrogen-bond donors (Lipinski definition) is 2. The van der Waals surface area contributed by atoms with Crippen molar-refractivity contribution in [3.05, 3.63) is 66.5 Å². The first-order valence-electron chi connectivity index (χ1n) is 9.02. The number of anilines is 1. The fourth-order valence-electron chi connectivity index (χ4n) is 2.65. The molecule has 2 amide bonds. The molecule has 2 heterocycles. The normalized spacial score (nSPS) is 11.2. The van der Waals surface area contributed by atoms with E-state index in [0.29, 0.717) is 13.1 Å². The lowest BCUT2D eigenvalue weighted by Gasteiger charge is -2.19. The van der Waals surface area contributed by atoms with Crippen LogP contribution in [0, 0.1) is 0 Å². The van der Waals surface area contributed by atoms with Crippen molar-refractivity contribution in [1.29, 1.82) is 0 Å². The predicted octanol–water partition coefficient (Wildman–Crippen LogP) is 4.06. The van der Waals surface area contributed by atoms with Gasteiger partial charge in [0.25, 0.3) is 0 Å². The Morgan fingerprint density at radius 2 is 1.81 bits per heavy atom. The summed E-state index contributed by atoms with van der Waals surface area (Å²) < 4.78 is 1.79. The molecule has 2 aromatic heterocycles. The molecule has 6 nitrogen and oxygen atoms in total. The van der Waals surface area contributed by atoms with Gasteiger partial charge < -0.3 is 10.6 Å². The summed E-state index contributed by atoms with van der Waals surface area (Å²) in [5.41, 5.74) is 3.76. The smallest absolute Gasteiger partial charge is 0.319 e. The first kappa shape index (κ1) is 18.6. The number of nitrogens with one attached hydrogen (secondary N) is 2. The Bertz CT molecular complexity index is 879. The van der Waals surface area contributed by atoms with E-state index in [9.17, 15) is 4.79 Å². The highest BCUT2D eigenvalue weighted by Gasteiger charge is 2.13. The van der Waals surface area contributed by atoms with E-state index in [1.165, 1.54) is 5.56 Å². The highest BCUT2D eigenvalue weighted by atomic mass is 16.2. The Morgan fingerprint density at radius 1 is 1.04 bits per heavy atom. The fourth-order valence-corrected chi connectivity index (χ4v) is 2.65. The summed E-state index contributed by atoms with van der Waals surface area (Å²) in [6.45, 7) is 7.56. The molecule has 140 valence electrons. The number of rotatable bonds is 5. The summed E-state index contributed by atoms with van der Waals surface area (Å²) in [7, 11) is 0. The molecule has 0 aliphatic carbocycles. The van der Waals surface area contributed by atoms with Crippen LogP contribution in [0.25, 0.3) is 11.4 Å². The number of urea groups is 1. The molecule has 0 atom stereocenters. The van der Waals surface area contributed by atoms with Gasteiger partial charge in [0.1, 0.15) is 5.69 Å². The van der Waals surface area contributed by atoms with Gasteiger partial charge in [-0.1, -0.05) is 39.0 Å². The summed E-state index contributed by atoms with van der Waals surface area (Å²) in [6.07, 6.45) is 3.63. The van der Waals surface area contributed by atoms with E-state index in [1.54, 1.807) is 10.9 Å². The molecule has 0 unspecified atom stereocenters. The highest BCUT2D eigenvalue weighted by Crippen LogP contribution is 2.23. The Morgan fingerprint density at radius 3 is 2.48 bits per heavy atom. The number of aromatic nitrogens is 3. The quantitative estimate of drug-likeness (QED) is 0.718. The molecule has 0 bridgehead atoms. The van der Waals surface area contributed by atoms with Crippen molar-refractivity contribution in [3.8, 4) is 11.4 Å². The third-order valence-electron chi connectivity index (χ3n) is 4.20. The van der Waals surface area contributed by atoms with Gasteiger partial charge in [0, 0.05) is 24.6 Å². The van der Waals surface area contributed by atoms with Gasteiger partial charge in [-0.25, -0.2) is 4.79 Å². The molecule has 27 heavy (non-hydrogen) atoms. The van der Waals surface area contributed by atoms with Crippen LogP contribution in [-0.2, 0) is 12.0 Å². The summed E-state index contributed by atoms with van der Waals surface area (Å²) in [4.78, 5) is 16.3. The minimum Gasteiger partial charge on any atom is -0.336 e. The zero-order valence-corrected chi connectivity index (χ0v) is 15.9. The average Bonchev–Trinajstić information content (AvgIpc) is 3.11. The predicted molar refractivity (Wildman–Crippen MR) is 108 cm³/mol. The topological polar surface area (TPSA) is 71.8 Å².